The Balaban J connectivity index is 1.70. The van der Waals surface area contributed by atoms with Gasteiger partial charge in [0.25, 0.3) is 0 Å². The van der Waals surface area contributed by atoms with Crippen LogP contribution < -0.4 is 18.9 Å². The zero-order valence-corrected chi connectivity index (χ0v) is 23.7. The minimum atomic E-state index is -4.02. The third-order valence-electron chi connectivity index (χ3n) is 5.84. The fraction of sp³-hybridized carbons (Fsp3) is 0.185. The molecule has 0 spiro atoms. The predicted octanol–water partition coefficient (Wildman–Crippen LogP) is 5.03. The van der Waals surface area contributed by atoms with E-state index in [1.807, 2.05) is 6.92 Å². The zero-order valence-electron chi connectivity index (χ0n) is 22.1. The number of pyridine rings is 1. The van der Waals surface area contributed by atoms with Crippen LogP contribution in [0.15, 0.2) is 60.7 Å². The van der Waals surface area contributed by atoms with Crippen molar-refractivity contribution in [3.8, 4) is 34.6 Å². The van der Waals surface area contributed by atoms with Crippen LogP contribution in [0.5, 0.6) is 17.4 Å². The molecule has 0 radical (unpaired) electrons. The highest BCUT2D eigenvalue weighted by Gasteiger charge is 2.26. The molecule has 2 aromatic carbocycles. The van der Waals surface area contributed by atoms with E-state index in [1.54, 1.807) is 41.0 Å². The molecule has 3 aromatic heterocycles. The smallest absolute Gasteiger partial charge is 0.238 e. The van der Waals surface area contributed by atoms with Crippen LogP contribution in [0.3, 0.4) is 0 Å². The summed E-state index contributed by atoms with van der Waals surface area (Å²) in [4.78, 5) is 18.1. The highest BCUT2D eigenvalue weighted by molar-refractivity contribution is 7.91. The van der Waals surface area contributed by atoms with Crippen LogP contribution in [0.2, 0.25) is 5.15 Å². The number of hydrogen-bond donors (Lipinski definition) is 1. The first-order valence-electron chi connectivity index (χ1n) is 12.3. The summed E-state index contributed by atoms with van der Waals surface area (Å²) < 4.78 is 60.2. The second-order valence-corrected chi connectivity index (χ2v) is 10.7. The first-order valence-corrected chi connectivity index (χ1v) is 14.3. The van der Waals surface area contributed by atoms with Gasteiger partial charge in [-0.3, -0.25) is 9.29 Å². The van der Waals surface area contributed by atoms with Gasteiger partial charge in [0, 0.05) is 6.07 Å². The number of imidazole rings is 1. The van der Waals surface area contributed by atoms with Crippen molar-refractivity contribution in [1.82, 2.24) is 24.5 Å². The van der Waals surface area contributed by atoms with Crippen molar-refractivity contribution in [3.05, 3.63) is 77.2 Å². The number of aromatic nitrogens is 5. The van der Waals surface area contributed by atoms with E-state index in [1.165, 1.54) is 38.5 Å². The molecule has 41 heavy (non-hydrogen) atoms. The fourth-order valence-corrected chi connectivity index (χ4v) is 5.49. The van der Waals surface area contributed by atoms with Gasteiger partial charge in [0.05, 0.1) is 26.6 Å². The highest BCUT2D eigenvalue weighted by atomic mass is 35.5. The molecule has 0 amide bonds. The number of halogens is 2. The molecule has 11 nitrogen and oxygen atoms in total. The number of methoxy groups -OCH3 is 2. The second-order valence-electron chi connectivity index (χ2n) is 8.57. The lowest BCUT2D eigenvalue weighted by Gasteiger charge is -2.16. The maximum absolute atomic E-state index is 13.3. The van der Waals surface area contributed by atoms with Gasteiger partial charge in [-0.2, -0.15) is 0 Å². The Morgan fingerprint density at radius 2 is 1.61 bits per heavy atom. The van der Waals surface area contributed by atoms with Gasteiger partial charge < -0.3 is 14.2 Å². The Morgan fingerprint density at radius 1 is 0.927 bits per heavy atom. The van der Waals surface area contributed by atoms with Gasteiger partial charge in [0.2, 0.25) is 15.9 Å². The minimum Gasteiger partial charge on any atom is -0.494 e. The topological polar surface area (TPSA) is 130 Å². The van der Waals surface area contributed by atoms with E-state index in [9.17, 15) is 12.8 Å². The molecule has 0 saturated heterocycles. The molecule has 0 aliphatic rings. The highest BCUT2D eigenvalue weighted by Crippen LogP contribution is 2.38. The number of anilines is 1. The Bertz CT molecular complexity index is 1810. The second kappa shape index (κ2) is 11.6. The summed E-state index contributed by atoms with van der Waals surface area (Å²) in [5, 5.41) is -0.223. The summed E-state index contributed by atoms with van der Waals surface area (Å²) >= 11 is 6.39. The van der Waals surface area contributed by atoms with E-state index in [0.29, 0.717) is 46.8 Å². The van der Waals surface area contributed by atoms with Crippen LogP contribution in [0.4, 0.5) is 10.2 Å². The molecule has 1 N–H and O–H groups in total. The average molecular weight is 599 g/mol. The minimum absolute atomic E-state index is 0.114. The van der Waals surface area contributed by atoms with Gasteiger partial charge in [-0.05, 0) is 42.8 Å². The van der Waals surface area contributed by atoms with Crippen LogP contribution in [-0.2, 0) is 15.8 Å². The molecule has 14 heteroatoms. The van der Waals surface area contributed by atoms with Gasteiger partial charge in [-0.1, -0.05) is 35.9 Å². The van der Waals surface area contributed by atoms with Gasteiger partial charge >= 0.3 is 0 Å². The van der Waals surface area contributed by atoms with E-state index >= 15 is 0 Å². The molecule has 0 aliphatic heterocycles. The summed E-state index contributed by atoms with van der Waals surface area (Å²) in [7, 11) is -1.01. The van der Waals surface area contributed by atoms with Crippen LogP contribution in [0.1, 0.15) is 12.5 Å². The van der Waals surface area contributed by atoms with Crippen LogP contribution in [0, 0.1) is 5.82 Å². The summed E-state index contributed by atoms with van der Waals surface area (Å²) in [5.41, 5.74) is 1.47. The van der Waals surface area contributed by atoms with Crippen molar-refractivity contribution in [2.45, 2.75) is 12.7 Å². The monoisotopic (exact) mass is 598 g/mol. The lowest BCUT2D eigenvalue weighted by atomic mass is 10.2. The molecule has 0 unspecified atom stereocenters. The summed E-state index contributed by atoms with van der Waals surface area (Å²) in [5.74, 6) is 0.370. The van der Waals surface area contributed by atoms with E-state index < -0.39 is 21.6 Å². The molecule has 0 saturated carbocycles. The maximum atomic E-state index is 13.3. The summed E-state index contributed by atoms with van der Waals surface area (Å²) in [6.07, 6.45) is 0. The molecular weight excluding hydrogens is 575 g/mol. The average Bonchev–Trinajstić information content (AvgIpc) is 3.31. The number of nitrogens with one attached hydrogen (secondary N) is 1. The third kappa shape index (κ3) is 5.86. The lowest BCUT2D eigenvalue weighted by molar-refractivity contribution is 0.327. The Kier molecular flexibility index (Phi) is 7.90. The number of nitrogens with zero attached hydrogens (tertiary/aromatic N) is 5. The largest absolute Gasteiger partial charge is 0.494 e. The zero-order chi connectivity index (χ0) is 29.1. The molecule has 0 bridgehead atoms. The van der Waals surface area contributed by atoms with Crippen LogP contribution >= 0.6 is 11.6 Å². The number of ether oxygens (including phenoxy) is 3. The van der Waals surface area contributed by atoms with E-state index in [-0.39, 0.29) is 22.3 Å². The number of benzene rings is 2. The molecule has 5 rings (SSSR count). The summed E-state index contributed by atoms with van der Waals surface area (Å²) in [6, 6.07) is 15.5. The van der Waals surface area contributed by atoms with Gasteiger partial charge in [-0.15, -0.1) is 0 Å². The van der Waals surface area contributed by atoms with Crippen LogP contribution in [0.25, 0.3) is 28.5 Å². The van der Waals surface area contributed by atoms with E-state index in [0.717, 1.165) is 0 Å². The van der Waals surface area contributed by atoms with E-state index in [2.05, 4.69) is 24.7 Å². The normalized spacial score (nSPS) is 11.4. The SMILES string of the molecule is CCOc1cccc(-c2nc3nc(Cl)c(NS(=O)(=O)Cc4ccc(F)cc4)nc3n2-c2c(OC)cccc2OC)n1. The van der Waals surface area contributed by atoms with Crippen molar-refractivity contribution in [2.24, 2.45) is 0 Å². The lowest BCUT2D eigenvalue weighted by Crippen LogP contribution is -2.17. The molecule has 0 aliphatic carbocycles. The number of hydrogen-bond acceptors (Lipinski definition) is 9. The van der Waals surface area contributed by atoms with Crippen molar-refractivity contribution < 1.29 is 27.0 Å². The number of fused-ring (bicyclic) bond motifs is 1. The predicted molar refractivity (Wildman–Crippen MR) is 152 cm³/mol. The van der Waals surface area contributed by atoms with Crippen molar-refractivity contribution >= 4 is 38.7 Å². The Morgan fingerprint density at radius 3 is 2.27 bits per heavy atom. The quantitative estimate of drug-likeness (QED) is 0.235. The van der Waals surface area contributed by atoms with E-state index in [4.69, 9.17) is 25.8 Å². The van der Waals surface area contributed by atoms with Crippen molar-refractivity contribution in [1.29, 1.82) is 0 Å². The van der Waals surface area contributed by atoms with Gasteiger partial charge in [0.15, 0.2) is 28.1 Å². The number of rotatable bonds is 10. The molecule has 0 atom stereocenters. The summed E-state index contributed by atoms with van der Waals surface area (Å²) in [6.45, 7) is 2.26. The molecular formula is C27H24ClFN6O5S. The fourth-order valence-electron chi connectivity index (χ4n) is 4.13. The van der Waals surface area contributed by atoms with Gasteiger partial charge in [-0.25, -0.2) is 32.7 Å². The first-order chi connectivity index (χ1) is 19.7. The van der Waals surface area contributed by atoms with Crippen LogP contribution in [-0.4, -0.2) is 53.7 Å². The first kappa shape index (κ1) is 28.1. The Labute approximate surface area is 240 Å². The Hall–Kier alpha value is -4.49. The van der Waals surface area contributed by atoms with Gasteiger partial charge in [0.1, 0.15) is 28.7 Å². The maximum Gasteiger partial charge on any atom is 0.238 e. The number of para-hydroxylation sites is 1. The molecule has 3 heterocycles. The third-order valence-corrected chi connectivity index (χ3v) is 7.33. The number of sulfonamides is 1. The molecule has 0 fully saturated rings. The standard InChI is InChI=1S/C27H24ClFN6O5S/c1-4-40-21-10-5-7-18(30-21)26-33-25-27(35(26)22-19(38-2)8-6-9-20(22)39-3)32-24(23(28)31-25)34-41(36,37)15-16-11-13-17(29)14-12-16/h5-14H,4,15H2,1-3H3,(H,32,34). The molecule has 212 valence electrons. The van der Waals surface area contributed by atoms with Crippen molar-refractivity contribution in [2.75, 3.05) is 25.5 Å². The van der Waals surface area contributed by atoms with Crippen molar-refractivity contribution in [3.63, 3.8) is 0 Å². The molecule has 5 aromatic rings.